The predicted molar refractivity (Wildman–Crippen MR) is 68.0 cm³/mol. The molecule has 1 atom stereocenters. The van der Waals surface area contributed by atoms with Gasteiger partial charge in [0, 0.05) is 11.5 Å². The van der Waals surface area contributed by atoms with Crippen molar-refractivity contribution in [2.45, 2.75) is 18.9 Å². The molecule has 0 fully saturated rings. The van der Waals surface area contributed by atoms with E-state index < -0.39 is 17.3 Å². The molecule has 1 aromatic rings. The molecular weight excluding hydrogens is 251 g/mol. The Morgan fingerprint density at radius 2 is 2.16 bits per heavy atom. The summed E-state index contributed by atoms with van der Waals surface area (Å²) in [5.74, 6) is -1.47. The summed E-state index contributed by atoms with van der Waals surface area (Å²) in [5, 5.41) is 15.6. The number of carbonyl (C=O) groups is 1. The van der Waals surface area contributed by atoms with Crippen LogP contribution in [0.5, 0.6) is 0 Å². The second-order valence-electron chi connectivity index (χ2n) is 4.17. The Kier molecular flexibility index (Phi) is 5.29. The van der Waals surface area contributed by atoms with Crippen molar-refractivity contribution < 1.29 is 14.3 Å². The van der Waals surface area contributed by atoms with Crippen LogP contribution in [0.15, 0.2) is 29.4 Å². The normalized spacial score (nSPS) is 13.4. The Labute approximate surface area is 109 Å². The van der Waals surface area contributed by atoms with Gasteiger partial charge in [0.15, 0.2) is 0 Å². The quantitative estimate of drug-likeness (QED) is 0.343. The van der Waals surface area contributed by atoms with Crippen LogP contribution in [0.25, 0.3) is 10.4 Å². The molecule has 102 valence electrons. The van der Waals surface area contributed by atoms with Crippen molar-refractivity contribution in [1.29, 1.82) is 0 Å². The minimum atomic E-state index is -1.30. The Balaban J connectivity index is 2.76. The molecule has 0 aliphatic heterocycles. The Bertz CT molecular complexity index is 485. The van der Waals surface area contributed by atoms with Crippen LogP contribution in [-0.4, -0.2) is 24.2 Å². The summed E-state index contributed by atoms with van der Waals surface area (Å²) in [5.41, 5.74) is 7.29. The highest BCUT2D eigenvalue weighted by Crippen LogP contribution is 2.21. The molecular formula is C12H15FN4O2. The Hall–Kier alpha value is -2.11. The maximum Gasteiger partial charge on any atom is 0.328 e. The molecule has 0 radical (unpaired) electrons. The first-order valence-corrected chi connectivity index (χ1v) is 5.76. The van der Waals surface area contributed by atoms with Crippen LogP contribution < -0.4 is 5.32 Å². The number of hydrogen-bond acceptors (Lipinski definition) is 3. The van der Waals surface area contributed by atoms with Crippen molar-refractivity contribution in [1.82, 2.24) is 5.32 Å². The van der Waals surface area contributed by atoms with Gasteiger partial charge in [-0.25, -0.2) is 9.18 Å². The monoisotopic (exact) mass is 266 g/mol. The SMILES string of the molecule is CC(NCCCN=[N+]=[N-])(C(=O)O)c1ccc(F)cc1. The summed E-state index contributed by atoms with van der Waals surface area (Å²) in [7, 11) is 0. The van der Waals surface area contributed by atoms with E-state index in [1.165, 1.54) is 31.2 Å². The number of carboxylic acid groups (broad SMARTS) is 1. The smallest absolute Gasteiger partial charge is 0.328 e. The van der Waals surface area contributed by atoms with Gasteiger partial charge in [-0.15, -0.1) is 0 Å². The standard InChI is InChI=1S/C12H15FN4O2/c1-12(11(18)19,15-7-2-8-16-17-14)9-3-5-10(13)6-4-9/h3-6,15H,2,7-8H2,1H3,(H,18,19). The molecule has 1 rings (SSSR count). The highest BCUT2D eigenvalue weighted by atomic mass is 19.1. The fourth-order valence-corrected chi connectivity index (χ4v) is 1.62. The lowest BCUT2D eigenvalue weighted by atomic mass is 9.92. The van der Waals surface area contributed by atoms with Crippen LogP contribution in [0, 0.1) is 5.82 Å². The molecule has 0 saturated carbocycles. The minimum Gasteiger partial charge on any atom is -0.480 e. The summed E-state index contributed by atoms with van der Waals surface area (Å²) < 4.78 is 12.9. The maximum atomic E-state index is 12.9. The van der Waals surface area contributed by atoms with Gasteiger partial charge in [0.25, 0.3) is 0 Å². The lowest BCUT2D eigenvalue weighted by Gasteiger charge is -2.26. The van der Waals surface area contributed by atoms with Crippen molar-refractivity contribution >= 4 is 5.97 Å². The van der Waals surface area contributed by atoms with Crippen LogP contribution in [0.4, 0.5) is 4.39 Å². The van der Waals surface area contributed by atoms with Crippen LogP contribution >= 0.6 is 0 Å². The molecule has 0 bridgehead atoms. The third-order valence-corrected chi connectivity index (χ3v) is 2.83. The third-order valence-electron chi connectivity index (χ3n) is 2.83. The van der Waals surface area contributed by atoms with Crippen molar-refractivity contribution in [3.63, 3.8) is 0 Å². The van der Waals surface area contributed by atoms with E-state index in [2.05, 4.69) is 15.3 Å². The number of carboxylic acids is 1. The molecule has 0 aliphatic carbocycles. The second kappa shape index (κ2) is 6.72. The molecule has 1 aromatic carbocycles. The van der Waals surface area contributed by atoms with Crippen molar-refractivity contribution in [3.05, 3.63) is 46.1 Å². The van der Waals surface area contributed by atoms with Gasteiger partial charge in [0.2, 0.25) is 0 Å². The number of aliphatic carboxylic acids is 1. The van der Waals surface area contributed by atoms with Gasteiger partial charge < -0.3 is 5.11 Å². The lowest BCUT2D eigenvalue weighted by molar-refractivity contribution is -0.144. The van der Waals surface area contributed by atoms with Crippen LogP contribution in [0.3, 0.4) is 0 Å². The van der Waals surface area contributed by atoms with Crippen LogP contribution in [0.2, 0.25) is 0 Å². The molecule has 0 aromatic heterocycles. The minimum absolute atomic E-state index is 0.294. The van der Waals surface area contributed by atoms with Gasteiger partial charge >= 0.3 is 5.97 Å². The number of nitrogens with zero attached hydrogens (tertiary/aromatic N) is 3. The number of halogens is 1. The highest BCUT2D eigenvalue weighted by Gasteiger charge is 2.34. The predicted octanol–water partition coefficient (Wildman–Crippen LogP) is 2.42. The van der Waals surface area contributed by atoms with Gasteiger partial charge in [0.05, 0.1) is 0 Å². The number of nitrogens with one attached hydrogen (secondary N) is 1. The molecule has 0 saturated heterocycles. The fourth-order valence-electron chi connectivity index (χ4n) is 1.62. The van der Waals surface area contributed by atoms with Crippen molar-refractivity contribution in [2.24, 2.45) is 5.11 Å². The van der Waals surface area contributed by atoms with Crippen LogP contribution in [0.1, 0.15) is 18.9 Å². The lowest BCUT2D eigenvalue weighted by Crippen LogP contribution is -2.47. The number of rotatable bonds is 7. The van der Waals surface area contributed by atoms with E-state index in [9.17, 15) is 14.3 Å². The second-order valence-corrected chi connectivity index (χ2v) is 4.17. The first-order chi connectivity index (χ1) is 9.00. The number of benzene rings is 1. The van der Waals surface area contributed by atoms with Gasteiger partial charge in [-0.05, 0) is 43.1 Å². The number of azide groups is 1. The molecule has 0 amide bonds. The van der Waals surface area contributed by atoms with Crippen molar-refractivity contribution in [3.8, 4) is 0 Å². The summed E-state index contributed by atoms with van der Waals surface area (Å²) in [6, 6.07) is 5.31. The molecule has 6 nitrogen and oxygen atoms in total. The van der Waals surface area contributed by atoms with Crippen LogP contribution in [-0.2, 0) is 10.3 Å². The van der Waals surface area contributed by atoms with E-state index in [1.807, 2.05) is 0 Å². The van der Waals surface area contributed by atoms with Gasteiger partial charge in [-0.2, -0.15) is 0 Å². The van der Waals surface area contributed by atoms with E-state index in [-0.39, 0.29) is 0 Å². The zero-order valence-corrected chi connectivity index (χ0v) is 10.5. The average molecular weight is 266 g/mol. The molecule has 1 unspecified atom stereocenters. The molecule has 7 heteroatoms. The third kappa shape index (κ3) is 3.94. The molecule has 0 heterocycles. The van der Waals surface area contributed by atoms with Gasteiger partial charge in [-0.3, -0.25) is 5.32 Å². The molecule has 2 N–H and O–H groups in total. The van der Waals surface area contributed by atoms with E-state index in [4.69, 9.17) is 5.53 Å². The van der Waals surface area contributed by atoms with Gasteiger partial charge in [-0.1, -0.05) is 17.2 Å². The van der Waals surface area contributed by atoms with E-state index >= 15 is 0 Å². The summed E-state index contributed by atoms with van der Waals surface area (Å²) in [6.07, 6.45) is 0.522. The van der Waals surface area contributed by atoms with Crippen molar-refractivity contribution in [2.75, 3.05) is 13.1 Å². The maximum absolute atomic E-state index is 12.9. The topological polar surface area (TPSA) is 98.1 Å². The fraction of sp³-hybridized carbons (Fsp3) is 0.417. The first kappa shape index (κ1) is 14.9. The van der Waals surface area contributed by atoms with E-state index in [1.54, 1.807) is 0 Å². The van der Waals surface area contributed by atoms with E-state index in [0.717, 1.165) is 0 Å². The molecule has 0 spiro atoms. The highest BCUT2D eigenvalue weighted by molar-refractivity contribution is 5.80. The first-order valence-electron chi connectivity index (χ1n) is 5.76. The molecule has 19 heavy (non-hydrogen) atoms. The molecule has 0 aliphatic rings. The largest absolute Gasteiger partial charge is 0.480 e. The van der Waals surface area contributed by atoms with Gasteiger partial charge in [0.1, 0.15) is 11.4 Å². The summed E-state index contributed by atoms with van der Waals surface area (Å²) in [6.45, 7) is 2.18. The summed E-state index contributed by atoms with van der Waals surface area (Å²) in [4.78, 5) is 14.0. The Morgan fingerprint density at radius 3 is 2.68 bits per heavy atom. The average Bonchev–Trinajstić information content (AvgIpc) is 2.38. The summed E-state index contributed by atoms with van der Waals surface area (Å²) >= 11 is 0. The number of hydrogen-bond donors (Lipinski definition) is 2. The Morgan fingerprint density at radius 1 is 1.53 bits per heavy atom. The zero-order valence-electron chi connectivity index (χ0n) is 10.5. The zero-order chi connectivity index (χ0) is 14.3. The van der Waals surface area contributed by atoms with E-state index in [0.29, 0.717) is 25.1 Å².